The minimum Gasteiger partial charge on any atom is -0.497 e. The molecule has 0 aliphatic rings. The van der Waals surface area contributed by atoms with Gasteiger partial charge < -0.3 is 20.4 Å². The molecule has 0 spiro atoms. The van der Waals surface area contributed by atoms with Crippen LogP contribution in [0, 0.1) is 0 Å². The zero-order chi connectivity index (χ0) is 14.0. The number of nitrogen functional groups attached to an aromatic ring is 1. The molecule has 0 saturated carbocycles. The lowest BCUT2D eigenvalue weighted by molar-refractivity contribution is -0.134. The van der Waals surface area contributed by atoms with Crippen molar-refractivity contribution in [2.75, 3.05) is 12.5 Å². The van der Waals surface area contributed by atoms with Gasteiger partial charge in [0.2, 0.25) is 0 Å². The van der Waals surface area contributed by atoms with Crippen molar-refractivity contribution in [1.82, 2.24) is 0 Å². The molecule has 0 unspecified atom stereocenters. The molecule has 0 aliphatic heterocycles. The van der Waals surface area contributed by atoms with E-state index in [1.165, 1.54) is 0 Å². The van der Waals surface area contributed by atoms with Crippen molar-refractivity contribution in [2.24, 2.45) is 5.84 Å². The van der Waals surface area contributed by atoms with Gasteiger partial charge in [-0.1, -0.05) is 0 Å². The molecular formula is C11H14N2O5. The first-order valence-electron chi connectivity index (χ1n) is 4.74. The smallest absolute Gasteiger partial charge is 0.328 e. The maximum Gasteiger partial charge on any atom is 0.328 e. The van der Waals surface area contributed by atoms with Gasteiger partial charge in [-0.3, -0.25) is 5.84 Å². The number of rotatable bonds is 4. The SMILES string of the molecule is COc1ccc(NN)cc1.O=C(O)/C=C\C(=O)O. The molecule has 0 atom stereocenters. The number of hydrazine groups is 1. The highest BCUT2D eigenvalue weighted by Crippen LogP contribution is 2.13. The molecule has 0 aliphatic carbocycles. The van der Waals surface area contributed by atoms with E-state index >= 15 is 0 Å². The Labute approximate surface area is 103 Å². The van der Waals surface area contributed by atoms with Crippen molar-refractivity contribution in [3.8, 4) is 5.75 Å². The molecule has 18 heavy (non-hydrogen) atoms. The number of anilines is 1. The van der Waals surface area contributed by atoms with Crippen LogP contribution in [0.4, 0.5) is 5.69 Å². The fourth-order valence-corrected chi connectivity index (χ4v) is 0.830. The van der Waals surface area contributed by atoms with E-state index in [2.05, 4.69) is 5.43 Å². The Bertz CT molecular complexity index is 375. The van der Waals surface area contributed by atoms with Gasteiger partial charge in [0.1, 0.15) is 5.75 Å². The minimum atomic E-state index is -1.26. The van der Waals surface area contributed by atoms with Crippen molar-refractivity contribution in [2.45, 2.75) is 0 Å². The molecule has 1 rings (SSSR count). The molecule has 7 nitrogen and oxygen atoms in total. The average molecular weight is 254 g/mol. The van der Waals surface area contributed by atoms with Crippen molar-refractivity contribution < 1.29 is 24.5 Å². The molecule has 0 heterocycles. The number of nitrogens with two attached hydrogens (primary N) is 1. The van der Waals surface area contributed by atoms with Crippen LogP contribution in [0.25, 0.3) is 0 Å². The number of ether oxygens (including phenoxy) is 1. The molecule has 98 valence electrons. The van der Waals surface area contributed by atoms with Crippen LogP contribution in [0.1, 0.15) is 0 Å². The number of carbonyl (C=O) groups is 2. The van der Waals surface area contributed by atoms with Gasteiger partial charge in [0, 0.05) is 17.8 Å². The fourth-order valence-electron chi connectivity index (χ4n) is 0.830. The molecular weight excluding hydrogens is 240 g/mol. The topological polar surface area (TPSA) is 122 Å². The number of aliphatic carboxylic acids is 2. The van der Waals surface area contributed by atoms with Gasteiger partial charge in [0.25, 0.3) is 0 Å². The first-order valence-corrected chi connectivity index (χ1v) is 4.74. The largest absolute Gasteiger partial charge is 0.497 e. The number of nitrogens with one attached hydrogen (secondary N) is 1. The summed E-state index contributed by atoms with van der Waals surface area (Å²) >= 11 is 0. The second-order valence-electron chi connectivity index (χ2n) is 2.88. The molecule has 0 fully saturated rings. The first kappa shape index (κ1) is 15.5. The van der Waals surface area contributed by atoms with Gasteiger partial charge in [0.15, 0.2) is 0 Å². The molecule has 1 aromatic rings. The Balaban J connectivity index is 0.000000331. The second kappa shape index (κ2) is 8.59. The number of hydrogen-bond acceptors (Lipinski definition) is 5. The van der Waals surface area contributed by atoms with Crippen LogP contribution in [-0.4, -0.2) is 29.3 Å². The van der Waals surface area contributed by atoms with Crippen molar-refractivity contribution in [3.05, 3.63) is 36.4 Å². The zero-order valence-electron chi connectivity index (χ0n) is 9.66. The number of hydrogen-bond donors (Lipinski definition) is 4. The third-order valence-electron chi connectivity index (χ3n) is 1.63. The highest BCUT2D eigenvalue weighted by molar-refractivity contribution is 5.89. The minimum absolute atomic E-state index is 0.558. The van der Waals surface area contributed by atoms with E-state index in [1.54, 1.807) is 7.11 Å². The molecule has 0 bridgehead atoms. The molecule has 0 amide bonds. The Morgan fingerprint density at radius 3 is 1.89 bits per heavy atom. The van der Waals surface area contributed by atoms with Crippen LogP contribution >= 0.6 is 0 Å². The van der Waals surface area contributed by atoms with Gasteiger partial charge >= 0.3 is 11.9 Å². The average Bonchev–Trinajstić information content (AvgIpc) is 2.37. The van der Waals surface area contributed by atoms with Crippen LogP contribution < -0.4 is 16.0 Å². The van der Waals surface area contributed by atoms with Gasteiger partial charge in [-0.05, 0) is 24.3 Å². The van der Waals surface area contributed by atoms with Gasteiger partial charge in [-0.25, -0.2) is 9.59 Å². The van der Waals surface area contributed by atoms with Crippen LogP contribution in [0.3, 0.4) is 0 Å². The Hall–Kier alpha value is -2.54. The number of carboxylic acid groups (broad SMARTS) is 2. The number of benzene rings is 1. The van der Waals surface area contributed by atoms with Crippen molar-refractivity contribution >= 4 is 17.6 Å². The summed E-state index contributed by atoms with van der Waals surface area (Å²) in [4.78, 5) is 19.1. The highest BCUT2D eigenvalue weighted by Gasteiger charge is 1.89. The van der Waals surface area contributed by atoms with E-state index in [-0.39, 0.29) is 0 Å². The lowest BCUT2D eigenvalue weighted by Gasteiger charge is -2.00. The normalized spacial score (nSPS) is 9.22. The van der Waals surface area contributed by atoms with E-state index in [1.807, 2.05) is 24.3 Å². The second-order valence-corrected chi connectivity index (χ2v) is 2.88. The Morgan fingerprint density at radius 2 is 1.61 bits per heavy atom. The van der Waals surface area contributed by atoms with E-state index in [0.29, 0.717) is 12.2 Å². The van der Waals surface area contributed by atoms with Crippen LogP contribution in [-0.2, 0) is 9.59 Å². The van der Waals surface area contributed by atoms with E-state index in [4.69, 9.17) is 20.8 Å². The van der Waals surface area contributed by atoms with Crippen LogP contribution in [0.5, 0.6) is 5.75 Å². The van der Waals surface area contributed by atoms with E-state index < -0.39 is 11.9 Å². The van der Waals surface area contributed by atoms with E-state index in [9.17, 15) is 9.59 Å². The lowest BCUT2D eigenvalue weighted by atomic mass is 10.3. The first-order chi connectivity index (χ1) is 8.49. The van der Waals surface area contributed by atoms with Gasteiger partial charge in [-0.2, -0.15) is 0 Å². The summed E-state index contributed by atoms with van der Waals surface area (Å²) < 4.78 is 4.95. The summed E-state index contributed by atoms with van der Waals surface area (Å²) in [7, 11) is 1.63. The Morgan fingerprint density at radius 1 is 1.17 bits per heavy atom. The van der Waals surface area contributed by atoms with Crippen LogP contribution in [0.2, 0.25) is 0 Å². The maximum atomic E-state index is 9.55. The summed E-state index contributed by atoms with van der Waals surface area (Å²) in [6.07, 6.45) is 1.12. The summed E-state index contributed by atoms with van der Waals surface area (Å²) in [5.41, 5.74) is 3.40. The summed E-state index contributed by atoms with van der Waals surface area (Å²) in [5, 5.41) is 15.6. The molecule has 1 aromatic carbocycles. The van der Waals surface area contributed by atoms with Gasteiger partial charge in [-0.15, -0.1) is 0 Å². The molecule has 0 aromatic heterocycles. The van der Waals surface area contributed by atoms with E-state index in [0.717, 1.165) is 11.4 Å². The molecule has 7 heteroatoms. The molecule has 0 saturated heterocycles. The summed E-state index contributed by atoms with van der Waals surface area (Å²) in [6, 6.07) is 7.38. The fraction of sp³-hybridized carbons (Fsp3) is 0.0909. The third kappa shape index (κ3) is 7.71. The quantitative estimate of drug-likeness (QED) is 0.354. The predicted molar refractivity (Wildman–Crippen MR) is 65.2 cm³/mol. The Kier molecular flexibility index (Phi) is 7.38. The maximum absolute atomic E-state index is 9.55. The standard InChI is InChI=1S/C7H10N2O.C4H4O4/c1-10-7-4-2-6(9-8)3-5-7;5-3(6)1-2-4(7)8/h2-5,9H,8H2,1H3;1-2H,(H,5,6)(H,7,8)/b;2-1-. The monoisotopic (exact) mass is 254 g/mol. The van der Waals surface area contributed by atoms with Crippen molar-refractivity contribution in [3.63, 3.8) is 0 Å². The number of methoxy groups -OCH3 is 1. The summed E-state index contributed by atoms with van der Waals surface area (Å²) in [5.74, 6) is 3.47. The number of carboxylic acids is 2. The molecule has 0 radical (unpaired) electrons. The zero-order valence-corrected chi connectivity index (χ0v) is 9.66. The van der Waals surface area contributed by atoms with Crippen molar-refractivity contribution in [1.29, 1.82) is 0 Å². The summed E-state index contributed by atoms with van der Waals surface area (Å²) in [6.45, 7) is 0. The highest BCUT2D eigenvalue weighted by atomic mass is 16.5. The van der Waals surface area contributed by atoms with Gasteiger partial charge in [0.05, 0.1) is 7.11 Å². The van der Waals surface area contributed by atoms with Crippen LogP contribution in [0.15, 0.2) is 36.4 Å². The third-order valence-corrected chi connectivity index (χ3v) is 1.63. The lowest BCUT2D eigenvalue weighted by Crippen LogP contribution is -2.05. The predicted octanol–water partition coefficient (Wildman–Crippen LogP) is 0.693. The molecule has 5 N–H and O–H groups in total.